The second-order valence-electron chi connectivity index (χ2n) is 3.68. The molecule has 0 aromatic heterocycles. The minimum Gasteiger partial charge on any atom is -0.492 e. The fourth-order valence-corrected chi connectivity index (χ4v) is 1.36. The van der Waals surface area contributed by atoms with Crippen LogP contribution in [0.2, 0.25) is 0 Å². The second kappa shape index (κ2) is 7.06. The highest BCUT2D eigenvalue weighted by Crippen LogP contribution is 2.15. The van der Waals surface area contributed by atoms with E-state index in [2.05, 4.69) is 15.9 Å². The summed E-state index contributed by atoms with van der Waals surface area (Å²) in [5, 5.41) is 8.81. The summed E-state index contributed by atoms with van der Waals surface area (Å²) in [5.41, 5.74) is 0.744. The topological polar surface area (TPSA) is 55.8 Å². The number of ether oxygens (including phenoxy) is 2. The highest BCUT2D eigenvalue weighted by molar-refractivity contribution is 9.09. The van der Waals surface area contributed by atoms with Crippen molar-refractivity contribution in [2.45, 2.75) is 11.8 Å². The number of rotatable bonds is 6. The largest absolute Gasteiger partial charge is 0.492 e. The van der Waals surface area contributed by atoms with E-state index in [1.54, 1.807) is 24.3 Å². The molecule has 0 saturated heterocycles. The van der Waals surface area contributed by atoms with E-state index in [1.165, 1.54) is 13.2 Å². The van der Waals surface area contributed by atoms with Gasteiger partial charge >= 0.3 is 5.97 Å². The minimum absolute atomic E-state index is 0.0993. The van der Waals surface area contributed by atoms with Crippen molar-refractivity contribution in [2.75, 3.05) is 13.7 Å². The minimum atomic E-state index is -1.09. The standard InChI is InChI=1S/C13H15BrO4/c1-9(14)8-18-11-5-3-10(4-6-11)7-12(17-2)13(15)16/h3-7,9H,8H2,1-2H3,(H,15,16). The average Bonchev–Trinajstić information content (AvgIpc) is 2.34. The van der Waals surface area contributed by atoms with Crippen LogP contribution in [-0.2, 0) is 9.53 Å². The number of halogens is 1. The van der Waals surface area contributed by atoms with Crippen molar-refractivity contribution in [3.05, 3.63) is 35.6 Å². The molecule has 1 aromatic carbocycles. The number of carboxylic acids is 1. The fraction of sp³-hybridized carbons (Fsp3) is 0.308. The predicted octanol–water partition coefficient (Wildman–Crippen LogP) is 2.92. The summed E-state index contributed by atoms with van der Waals surface area (Å²) in [6, 6.07) is 7.12. The monoisotopic (exact) mass is 314 g/mol. The second-order valence-corrected chi connectivity index (χ2v) is 5.24. The molecule has 1 unspecified atom stereocenters. The van der Waals surface area contributed by atoms with Crippen LogP contribution in [0.15, 0.2) is 30.0 Å². The molecule has 0 saturated carbocycles. The Bertz CT molecular complexity index is 423. The lowest BCUT2D eigenvalue weighted by molar-refractivity contribution is -0.135. The quantitative estimate of drug-likeness (QED) is 0.498. The van der Waals surface area contributed by atoms with Crippen LogP contribution in [-0.4, -0.2) is 29.6 Å². The van der Waals surface area contributed by atoms with E-state index in [1.807, 2.05) is 6.92 Å². The van der Waals surface area contributed by atoms with Gasteiger partial charge in [0.1, 0.15) is 12.4 Å². The van der Waals surface area contributed by atoms with Crippen LogP contribution in [0.3, 0.4) is 0 Å². The predicted molar refractivity (Wildman–Crippen MR) is 72.9 cm³/mol. The zero-order chi connectivity index (χ0) is 13.5. The van der Waals surface area contributed by atoms with Crippen molar-refractivity contribution < 1.29 is 19.4 Å². The summed E-state index contributed by atoms with van der Waals surface area (Å²) < 4.78 is 10.2. The van der Waals surface area contributed by atoms with E-state index in [0.29, 0.717) is 6.61 Å². The van der Waals surface area contributed by atoms with Gasteiger partial charge in [-0.1, -0.05) is 28.1 Å². The van der Waals surface area contributed by atoms with Crippen molar-refractivity contribution in [1.82, 2.24) is 0 Å². The van der Waals surface area contributed by atoms with Gasteiger partial charge in [-0.2, -0.15) is 0 Å². The molecule has 1 N–H and O–H groups in total. The van der Waals surface area contributed by atoms with Crippen molar-refractivity contribution in [2.24, 2.45) is 0 Å². The van der Waals surface area contributed by atoms with E-state index in [4.69, 9.17) is 14.6 Å². The molecule has 1 aromatic rings. The molecular weight excluding hydrogens is 300 g/mol. The van der Waals surface area contributed by atoms with Gasteiger partial charge in [0.2, 0.25) is 5.76 Å². The lowest BCUT2D eigenvalue weighted by Crippen LogP contribution is -2.06. The number of aliphatic carboxylic acids is 1. The van der Waals surface area contributed by atoms with E-state index < -0.39 is 5.97 Å². The summed E-state index contributed by atoms with van der Waals surface area (Å²) in [5.74, 6) is -0.448. The number of carboxylic acid groups (broad SMARTS) is 1. The van der Waals surface area contributed by atoms with Gasteiger partial charge in [-0.3, -0.25) is 0 Å². The first-order valence-corrected chi connectivity index (χ1v) is 6.30. The van der Waals surface area contributed by atoms with Gasteiger partial charge in [0.25, 0.3) is 0 Å². The molecule has 4 nitrogen and oxygen atoms in total. The SMILES string of the molecule is COC(=Cc1ccc(OCC(C)Br)cc1)C(=O)O. The number of methoxy groups -OCH3 is 1. The third-order valence-corrected chi connectivity index (χ3v) is 2.35. The summed E-state index contributed by atoms with van der Waals surface area (Å²) in [6.45, 7) is 2.57. The number of carbonyl (C=O) groups is 1. The van der Waals surface area contributed by atoms with Crippen molar-refractivity contribution in [3.63, 3.8) is 0 Å². The first kappa shape index (κ1) is 14.6. The Labute approximate surface area is 114 Å². The molecule has 1 rings (SSSR count). The van der Waals surface area contributed by atoms with Gasteiger partial charge in [-0.15, -0.1) is 0 Å². The van der Waals surface area contributed by atoms with E-state index in [9.17, 15) is 4.79 Å². The smallest absolute Gasteiger partial charge is 0.371 e. The maximum absolute atomic E-state index is 10.8. The number of alkyl halides is 1. The molecule has 0 fully saturated rings. The summed E-state index contributed by atoms with van der Waals surface area (Å²) in [6.07, 6.45) is 1.46. The van der Waals surface area contributed by atoms with Crippen LogP contribution in [0.1, 0.15) is 12.5 Å². The van der Waals surface area contributed by atoms with Crippen LogP contribution >= 0.6 is 15.9 Å². The normalized spacial score (nSPS) is 12.9. The lowest BCUT2D eigenvalue weighted by Gasteiger charge is -2.07. The summed E-state index contributed by atoms with van der Waals surface area (Å²) in [4.78, 5) is 11.0. The Balaban J connectivity index is 2.73. The molecule has 0 bridgehead atoms. The van der Waals surface area contributed by atoms with Gasteiger partial charge in [-0.25, -0.2) is 4.79 Å². The first-order chi connectivity index (χ1) is 8.52. The van der Waals surface area contributed by atoms with Gasteiger partial charge in [0.05, 0.1) is 7.11 Å². The number of benzene rings is 1. The van der Waals surface area contributed by atoms with Crippen LogP contribution in [0.5, 0.6) is 5.75 Å². The van der Waals surface area contributed by atoms with Gasteiger partial charge in [0.15, 0.2) is 0 Å². The Morgan fingerprint density at radius 2 is 2.06 bits per heavy atom. The highest BCUT2D eigenvalue weighted by Gasteiger charge is 2.06. The third-order valence-electron chi connectivity index (χ3n) is 2.09. The maximum atomic E-state index is 10.8. The molecule has 0 spiro atoms. The highest BCUT2D eigenvalue weighted by atomic mass is 79.9. The van der Waals surface area contributed by atoms with Crippen molar-refractivity contribution in [3.8, 4) is 5.75 Å². The molecule has 0 aliphatic heterocycles. The first-order valence-electron chi connectivity index (χ1n) is 5.39. The average molecular weight is 315 g/mol. The molecule has 0 heterocycles. The fourth-order valence-electron chi connectivity index (χ4n) is 1.23. The Morgan fingerprint density at radius 1 is 1.44 bits per heavy atom. The van der Waals surface area contributed by atoms with Crippen LogP contribution in [0.4, 0.5) is 0 Å². The van der Waals surface area contributed by atoms with E-state index in [0.717, 1.165) is 11.3 Å². The maximum Gasteiger partial charge on any atom is 0.371 e. The molecule has 0 aliphatic carbocycles. The zero-order valence-corrected chi connectivity index (χ0v) is 11.8. The Kier molecular flexibility index (Phi) is 5.71. The molecule has 1 atom stereocenters. The molecular formula is C13H15BrO4. The van der Waals surface area contributed by atoms with E-state index >= 15 is 0 Å². The molecule has 0 radical (unpaired) electrons. The van der Waals surface area contributed by atoms with Crippen molar-refractivity contribution >= 4 is 28.0 Å². The van der Waals surface area contributed by atoms with E-state index in [-0.39, 0.29) is 10.6 Å². The van der Waals surface area contributed by atoms with Crippen molar-refractivity contribution in [1.29, 1.82) is 0 Å². The Morgan fingerprint density at radius 3 is 2.50 bits per heavy atom. The zero-order valence-electron chi connectivity index (χ0n) is 10.2. The molecule has 0 amide bonds. The summed E-state index contributed by atoms with van der Waals surface area (Å²) in [7, 11) is 1.33. The third kappa shape index (κ3) is 4.79. The summed E-state index contributed by atoms with van der Waals surface area (Å²) >= 11 is 3.39. The van der Waals surface area contributed by atoms with Crippen LogP contribution in [0, 0.1) is 0 Å². The Hall–Kier alpha value is -1.49. The molecule has 98 valence electrons. The van der Waals surface area contributed by atoms with Gasteiger partial charge in [-0.05, 0) is 30.7 Å². The number of hydrogen-bond acceptors (Lipinski definition) is 3. The molecule has 0 aliphatic rings. The lowest BCUT2D eigenvalue weighted by atomic mass is 10.2. The molecule has 5 heteroatoms. The number of hydrogen-bond donors (Lipinski definition) is 1. The van der Waals surface area contributed by atoms with Gasteiger partial charge < -0.3 is 14.6 Å². The molecule has 18 heavy (non-hydrogen) atoms. The van der Waals surface area contributed by atoms with Crippen LogP contribution in [0.25, 0.3) is 6.08 Å². The van der Waals surface area contributed by atoms with Crippen LogP contribution < -0.4 is 4.74 Å². The van der Waals surface area contributed by atoms with Gasteiger partial charge in [0, 0.05) is 4.83 Å².